The van der Waals surface area contributed by atoms with Gasteiger partial charge in [-0.05, 0) is 52.9 Å². The summed E-state index contributed by atoms with van der Waals surface area (Å²) < 4.78 is 46.2. The van der Waals surface area contributed by atoms with Crippen molar-refractivity contribution in [3.63, 3.8) is 0 Å². The van der Waals surface area contributed by atoms with E-state index in [9.17, 15) is 18.0 Å². The number of hydrogen-bond donors (Lipinski definition) is 1. The van der Waals surface area contributed by atoms with E-state index in [-0.39, 0.29) is 12.7 Å². The Morgan fingerprint density at radius 2 is 1.87 bits per heavy atom. The zero-order valence-electron chi connectivity index (χ0n) is 18.8. The van der Waals surface area contributed by atoms with Crippen LogP contribution in [0.5, 0.6) is 0 Å². The monoisotopic (exact) mass is 438 g/mol. The third-order valence-electron chi connectivity index (χ3n) is 4.65. The van der Waals surface area contributed by atoms with Gasteiger partial charge < -0.3 is 24.6 Å². The second-order valence-electron chi connectivity index (χ2n) is 8.44. The molecule has 1 aliphatic rings. The second kappa shape index (κ2) is 12.2. The van der Waals surface area contributed by atoms with E-state index in [0.717, 1.165) is 31.9 Å². The standard InChI is InChI=1S/C20H37F3N4O3/c1-6-26(18(28)30-19(2,3)4)14-16-8-11-27(12-9-16)17(24-5)25-10-7-13-29-15-20(21,22)23/h16H,6-15H2,1-5H3,(H,24,25). The molecular formula is C20H37F3N4O3. The molecule has 0 aromatic heterocycles. The minimum atomic E-state index is -4.29. The summed E-state index contributed by atoms with van der Waals surface area (Å²) in [5, 5.41) is 3.18. The van der Waals surface area contributed by atoms with Crippen LogP contribution in [0.1, 0.15) is 47.0 Å². The largest absolute Gasteiger partial charge is 0.444 e. The lowest BCUT2D eigenvalue weighted by molar-refractivity contribution is -0.173. The zero-order valence-corrected chi connectivity index (χ0v) is 18.8. The molecule has 1 rings (SSSR count). The van der Waals surface area contributed by atoms with Gasteiger partial charge in [-0.2, -0.15) is 13.2 Å². The van der Waals surface area contributed by atoms with E-state index < -0.39 is 18.4 Å². The summed E-state index contributed by atoms with van der Waals surface area (Å²) in [6, 6.07) is 0. The van der Waals surface area contributed by atoms with Crippen molar-refractivity contribution in [1.82, 2.24) is 15.1 Å². The molecule has 0 saturated carbocycles. The Bertz CT molecular complexity index is 542. The van der Waals surface area contributed by atoms with Crippen LogP contribution in [0.3, 0.4) is 0 Å². The summed E-state index contributed by atoms with van der Waals surface area (Å²) in [4.78, 5) is 20.5. The molecule has 0 radical (unpaired) electrons. The molecule has 176 valence electrons. The highest BCUT2D eigenvalue weighted by atomic mass is 19.4. The van der Waals surface area contributed by atoms with Crippen LogP contribution in [-0.4, -0.2) is 86.6 Å². The number of ether oxygens (including phenoxy) is 2. The number of alkyl halides is 3. The number of nitrogens with zero attached hydrogens (tertiary/aromatic N) is 3. The third kappa shape index (κ3) is 10.9. The molecule has 0 aliphatic carbocycles. The van der Waals surface area contributed by atoms with Crippen molar-refractivity contribution in [3.8, 4) is 0 Å². The number of nitrogens with one attached hydrogen (secondary N) is 1. The molecule has 0 aromatic carbocycles. The van der Waals surface area contributed by atoms with Gasteiger partial charge in [0, 0.05) is 46.4 Å². The number of guanidine groups is 1. The van der Waals surface area contributed by atoms with Crippen molar-refractivity contribution < 1.29 is 27.4 Å². The number of carbonyl (C=O) groups excluding carboxylic acids is 1. The number of rotatable bonds is 8. The van der Waals surface area contributed by atoms with E-state index in [4.69, 9.17) is 4.74 Å². The van der Waals surface area contributed by atoms with Crippen LogP contribution in [0.15, 0.2) is 4.99 Å². The van der Waals surface area contributed by atoms with Gasteiger partial charge in [0.2, 0.25) is 0 Å². The number of aliphatic imine (C=N–C) groups is 1. The maximum atomic E-state index is 12.3. The molecule has 0 aromatic rings. The van der Waals surface area contributed by atoms with Crippen LogP contribution in [0.25, 0.3) is 0 Å². The molecule has 1 saturated heterocycles. The molecule has 10 heteroatoms. The minimum Gasteiger partial charge on any atom is -0.444 e. The Balaban J connectivity index is 2.34. The van der Waals surface area contributed by atoms with Crippen LogP contribution in [-0.2, 0) is 9.47 Å². The van der Waals surface area contributed by atoms with E-state index >= 15 is 0 Å². The molecule has 1 N–H and O–H groups in total. The summed E-state index contributed by atoms with van der Waals surface area (Å²) in [6.45, 7) is 9.74. The van der Waals surface area contributed by atoms with E-state index in [0.29, 0.717) is 32.0 Å². The average molecular weight is 439 g/mol. The highest BCUT2D eigenvalue weighted by Crippen LogP contribution is 2.20. The summed E-state index contributed by atoms with van der Waals surface area (Å²) >= 11 is 0. The maximum Gasteiger partial charge on any atom is 0.411 e. The molecule has 0 unspecified atom stereocenters. The van der Waals surface area contributed by atoms with Crippen molar-refractivity contribution >= 4 is 12.1 Å². The number of carbonyl (C=O) groups is 1. The summed E-state index contributed by atoms with van der Waals surface area (Å²) in [5.41, 5.74) is -0.510. The van der Waals surface area contributed by atoms with Crippen molar-refractivity contribution in [2.75, 3.05) is 53.0 Å². The van der Waals surface area contributed by atoms with Gasteiger partial charge in [-0.1, -0.05) is 0 Å². The predicted molar refractivity (Wildman–Crippen MR) is 111 cm³/mol. The first-order chi connectivity index (χ1) is 13.9. The fraction of sp³-hybridized carbons (Fsp3) is 0.900. The van der Waals surface area contributed by atoms with E-state index in [1.165, 1.54) is 0 Å². The van der Waals surface area contributed by atoms with Gasteiger partial charge >= 0.3 is 12.3 Å². The lowest BCUT2D eigenvalue weighted by Gasteiger charge is -2.36. The Morgan fingerprint density at radius 1 is 1.23 bits per heavy atom. The SMILES string of the molecule is CCN(CC1CCN(C(=NC)NCCCOCC(F)(F)F)CC1)C(=O)OC(C)(C)C. The van der Waals surface area contributed by atoms with Crippen molar-refractivity contribution in [1.29, 1.82) is 0 Å². The smallest absolute Gasteiger partial charge is 0.411 e. The van der Waals surface area contributed by atoms with Crippen LogP contribution >= 0.6 is 0 Å². The normalized spacial score (nSPS) is 16.5. The molecule has 1 heterocycles. The molecule has 1 amide bonds. The fourth-order valence-electron chi connectivity index (χ4n) is 3.19. The molecule has 0 spiro atoms. The Labute approximate surface area is 178 Å². The van der Waals surface area contributed by atoms with Gasteiger partial charge in [0.25, 0.3) is 0 Å². The molecule has 1 fully saturated rings. The number of halogens is 3. The van der Waals surface area contributed by atoms with Crippen LogP contribution < -0.4 is 5.32 Å². The molecule has 0 bridgehead atoms. The van der Waals surface area contributed by atoms with E-state index in [2.05, 4.69) is 19.9 Å². The van der Waals surface area contributed by atoms with Crippen LogP contribution in [0, 0.1) is 5.92 Å². The minimum absolute atomic E-state index is 0.0447. The zero-order chi connectivity index (χ0) is 22.8. The van der Waals surface area contributed by atoms with Crippen molar-refractivity contribution in [3.05, 3.63) is 0 Å². The third-order valence-corrected chi connectivity index (χ3v) is 4.65. The van der Waals surface area contributed by atoms with Crippen LogP contribution in [0.2, 0.25) is 0 Å². The lowest BCUT2D eigenvalue weighted by Crippen LogP contribution is -2.48. The maximum absolute atomic E-state index is 12.3. The first-order valence-corrected chi connectivity index (χ1v) is 10.5. The van der Waals surface area contributed by atoms with Crippen molar-refractivity contribution in [2.24, 2.45) is 10.9 Å². The number of piperidine rings is 1. The molecule has 7 nitrogen and oxygen atoms in total. The first-order valence-electron chi connectivity index (χ1n) is 10.5. The number of amides is 1. The quantitative estimate of drug-likeness (QED) is 0.357. The summed E-state index contributed by atoms with van der Waals surface area (Å²) in [6.07, 6.45) is -2.25. The lowest BCUT2D eigenvalue weighted by atomic mass is 9.96. The highest BCUT2D eigenvalue weighted by molar-refractivity contribution is 5.79. The number of likely N-dealkylation sites (tertiary alicyclic amines) is 1. The van der Waals surface area contributed by atoms with Crippen LogP contribution in [0.4, 0.5) is 18.0 Å². The van der Waals surface area contributed by atoms with Crippen molar-refractivity contribution in [2.45, 2.75) is 58.7 Å². The van der Waals surface area contributed by atoms with Gasteiger partial charge in [-0.3, -0.25) is 4.99 Å². The van der Waals surface area contributed by atoms with Gasteiger partial charge in [0.1, 0.15) is 12.2 Å². The Hall–Kier alpha value is -1.71. The fourth-order valence-corrected chi connectivity index (χ4v) is 3.19. The highest BCUT2D eigenvalue weighted by Gasteiger charge is 2.28. The number of hydrogen-bond acceptors (Lipinski definition) is 4. The second-order valence-corrected chi connectivity index (χ2v) is 8.44. The van der Waals surface area contributed by atoms with Gasteiger partial charge in [0.15, 0.2) is 5.96 Å². The van der Waals surface area contributed by atoms with Gasteiger partial charge in [-0.25, -0.2) is 4.79 Å². The first kappa shape index (κ1) is 26.3. The van der Waals surface area contributed by atoms with Gasteiger partial charge in [0.05, 0.1) is 0 Å². The van der Waals surface area contributed by atoms with Gasteiger partial charge in [-0.15, -0.1) is 0 Å². The molecular weight excluding hydrogens is 401 g/mol. The summed E-state index contributed by atoms with van der Waals surface area (Å²) in [5.74, 6) is 1.13. The molecule has 0 atom stereocenters. The Morgan fingerprint density at radius 3 is 2.37 bits per heavy atom. The molecule has 1 aliphatic heterocycles. The average Bonchev–Trinajstić information content (AvgIpc) is 2.64. The topological polar surface area (TPSA) is 66.4 Å². The predicted octanol–water partition coefficient (Wildman–Crippen LogP) is 3.50. The van der Waals surface area contributed by atoms with E-state index in [1.807, 2.05) is 27.7 Å². The van der Waals surface area contributed by atoms with E-state index in [1.54, 1.807) is 11.9 Å². The summed E-state index contributed by atoms with van der Waals surface area (Å²) in [7, 11) is 1.69. The molecule has 30 heavy (non-hydrogen) atoms. The Kier molecular flexibility index (Phi) is 10.7.